The molecule has 0 aliphatic carbocycles. The highest BCUT2D eigenvalue weighted by Crippen LogP contribution is 2.53. The van der Waals surface area contributed by atoms with Gasteiger partial charge in [-0.25, -0.2) is 0 Å². The topological polar surface area (TPSA) is 113 Å². The molecule has 6 atom stereocenters. The Morgan fingerprint density at radius 3 is 1.17 bits per heavy atom. The lowest BCUT2D eigenvalue weighted by atomic mass is 9.85. The molecule has 0 aromatic heterocycles. The molecule has 0 saturated carbocycles. The molecule has 0 amide bonds. The van der Waals surface area contributed by atoms with E-state index in [4.69, 9.17) is 47.4 Å². The van der Waals surface area contributed by atoms with Gasteiger partial charge in [0, 0.05) is 0 Å². The quantitative estimate of drug-likeness (QED) is 0.213. The van der Waals surface area contributed by atoms with Crippen LogP contribution in [0.25, 0.3) is 0 Å². The van der Waals surface area contributed by atoms with Crippen LogP contribution in [0.1, 0.15) is 55.8 Å². The molecule has 6 unspecified atom stereocenters. The smallest absolute Gasteiger partial charge is 0.203 e. The summed E-state index contributed by atoms with van der Waals surface area (Å²) in [6.45, 7) is 6.08. The second kappa shape index (κ2) is 14.9. The molecular weight excluding hydrogens is 596 g/mol. The molecule has 0 radical (unpaired) electrons. The predicted octanol–water partition coefficient (Wildman–Crippen LogP) is 6.34. The van der Waals surface area contributed by atoms with Gasteiger partial charge in [0.2, 0.25) is 17.2 Å². The first-order valence-corrected chi connectivity index (χ1v) is 15.0. The van der Waals surface area contributed by atoms with Gasteiger partial charge >= 0.3 is 0 Å². The molecule has 1 heterocycles. The van der Waals surface area contributed by atoms with Crippen molar-refractivity contribution in [2.24, 2.45) is 11.8 Å². The highest BCUT2D eigenvalue weighted by atomic mass is 16.6. The van der Waals surface area contributed by atoms with Crippen LogP contribution in [0.2, 0.25) is 0 Å². The van der Waals surface area contributed by atoms with Crippen LogP contribution in [-0.2, 0) is 4.74 Å². The molecule has 0 spiro atoms. The van der Waals surface area contributed by atoms with Gasteiger partial charge in [0.25, 0.3) is 0 Å². The van der Waals surface area contributed by atoms with Gasteiger partial charge in [-0.1, -0.05) is 13.8 Å². The van der Waals surface area contributed by atoms with Gasteiger partial charge in [0.15, 0.2) is 34.5 Å². The number of rotatable bonds is 14. The Balaban J connectivity index is 1.64. The van der Waals surface area contributed by atoms with Crippen molar-refractivity contribution >= 4 is 0 Å². The van der Waals surface area contributed by atoms with Crippen LogP contribution < -0.4 is 42.6 Å². The van der Waals surface area contributed by atoms with Crippen molar-refractivity contribution in [2.75, 3.05) is 56.9 Å². The maximum Gasteiger partial charge on any atom is 0.203 e. The van der Waals surface area contributed by atoms with Crippen LogP contribution in [0.3, 0.4) is 0 Å². The van der Waals surface area contributed by atoms with Crippen molar-refractivity contribution < 1.29 is 52.5 Å². The van der Waals surface area contributed by atoms with Gasteiger partial charge in [0.1, 0.15) is 12.2 Å². The summed E-state index contributed by atoms with van der Waals surface area (Å²) in [5.74, 6) is 4.45. The van der Waals surface area contributed by atoms with E-state index in [1.807, 2.05) is 24.3 Å². The Morgan fingerprint density at radius 2 is 0.848 bits per heavy atom. The minimum absolute atomic E-state index is 0.131. The Hall–Kier alpha value is -4.22. The van der Waals surface area contributed by atoms with E-state index >= 15 is 0 Å². The number of methoxy groups -OCH3 is 8. The molecule has 4 rings (SSSR count). The van der Waals surface area contributed by atoms with E-state index in [-0.39, 0.29) is 24.0 Å². The van der Waals surface area contributed by atoms with Gasteiger partial charge in [-0.3, -0.25) is 0 Å². The third-order valence-electron chi connectivity index (χ3n) is 8.68. The molecular formula is C35H46O11. The summed E-state index contributed by atoms with van der Waals surface area (Å²) in [7, 11) is 12.5. The van der Waals surface area contributed by atoms with E-state index in [0.29, 0.717) is 57.3 Å². The summed E-state index contributed by atoms with van der Waals surface area (Å²) in [4.78, 5) is 0. The number of hydrogen-bond donors (Lipinski definition) is 1. The number of benzene rings is 3. The molecule has 1 N–H and O–H groups in total. The van der Waals surface area contributed by atoms with E-state index < -0.39 is 12.2 Å². The minimum atomic E-state index is -1.05. The first-order valence-electron chi connectivity index (χ1n) is 15.0. The molecule has 1 aliphatic heterocycles. The maximum atomic E-state index is 11.3. The summed E-state index contributed by atoms with van der Waals surface area (Å²) in [6.07, 6.45) is -2.29. The monoisotopic (exact) mass is 642 g/mol. The Labute approximate surface area is 271 Å². The summed E-state index contributed by atoms with van der Waals surface area (Å²) in [6, 6.07) is 11.0. The van der Waals surface area contributed by atoms with Gasteiger partial charge < -0.3 is 52.5 Å². The maximum absolute atomic E-state index is 11.3. The van der Waals surface area contributed by atoms with Crippen molar-refractivity contribution in [2.45, 2.75) is 45.2 Å². The Morgan fingerprint density at radius 1 is 0.522 bits per heavy atom. The van der Waals surface area contributed by atoms with Gasteiger partial charge in [0.05, 0.1) is 69.1 Å². The number of hydrogen-bond acceptors (Lipinski definition) is 11. The van der Waals surface area contributed by atoms with Crippen LogP contribution in [0.5, 0.6) is 51.7 Å². The molecule has 0 bridgehead atoms. The fourth-order valence-corrected chi connectivity index (χ4v) is 5.96. The average Bonchev–Trinajstić information content (AvgIpc) is 3.39. The summed E-state index contributed by atoms with van der Waals surface area (Å²) < 4.78 is 57.7. The zero-order valence-electron chi connectivity index (χ0n) is 28.5. The van der Waals surface area contributed by atoms with Gasteiger partial charge in [-0.2, -0.15) is 0 Å². The fraction of sp³-hybridized carbons (Fsp3) is 0.486. The molecule has 3 aromatic rings. The van der Waals surface area contributed by atoms with E-state index in [0.717, 1.165) is 11.1 Å². The standard InChI is InChI=1S/C35H46O11/c1-18-19(2)32(46-31(18)22-14-26(39-6)34(44-11)27(15-22)40-7)23-16-28(41-8)35(29(17-23)42-9)45-20(3)30(36)21-12-24(37-4)33(43-10)25(13-21)38-5/h12-20,30-32,36H,1-11H3. The van der Waals surface area contributed by atoms with Crippen molar-refractivity contribution in [3.05, 3.63) is 53.1 Å². The largest absolute Gasteiger partial charge is 0.493 e. The van der Waals surface area contributed by atoms with Crippen LogP contribution in [0, 0.1) is 11.8 Å². The number of aliphatic hydroxyl groups excluding tert-OH is 1. The third-order valence-corrected chi connectivity index (χ3v) is 8.68. The van der Waals surface area contributed by atoms with E-state index in [1.54, 1.807) is 54.6 Å². The molecule has 11 heteroatoms. The molecule has 46 heavy (non-hydrogen) atoms. The van der Waals surface area contributed by atoms with Crippen molar-refractivity contribution in [3.8, 4) is 51.7 Å². The fourth-order valence-electron chi connectivity index (χ4n) is 5.96. The minimum Gasteiger partial charge on any atom is -0.493 e. The van der Waals surface area contributed by atoms with Crippen molar-refractivity contribution in [1.29, 1.82) is 0 Å². The number of aliphatic hydroxyl groups is 1. The van der Waals surface area contributed by atoms with E-state index in [1.165, 1.54) is 21.3 Å². The third kappa shape index (κ3) is 6.52. The molecule has 1 fully saturated rings. The van der Waals surface area contributed by atoms with E-state index in [2.05, 4.69) is 13.8 Å². The second-order valence-corrected chi connectivity index (χ2v) is 11.1. The summed E-state index contributed by atoms with van der Waals surface area (Å²) in [5, 5.41) is 11.3. The lowest BCUT2D eigenvalue weighted by Crippen LogP contribution is -2.22. The molecule has 3 aromatic carbocycles. The zero-order valence-corrected chi connectivity index (χ0v) is 28.5. The zero-order chi connectivity index (χ0) is 33.7. The average molecular weight is 643 g/mol. The van der Waals surface area contributed by atoms with Crippen LogP contribution in [0.4, 0.5) is 0 Å². The highest BCUT2D eigenvalue weighted by Gasteiger charge is 2.42. The SMILES string of the molecule is COc1cc(C(O)C(C)Oc2c(OC)cc(C3OC(c4cc(OC)c(OC)c(OC)c4)C(C)C3C)cc2OC)cc(OC)c1OC. The Kier molecular flexibility index (Phi) is 11.2. The number of ether oxygens (including phenoxy) is 10. The lowest BCUT2D eigenvalue weighted by Gasteiger charge is -2.26. The van der Waals surface area contributed by atoms with Crippen molar-refractivity contribution in [1.82, 2.24) is 0 Å². The first kappa shape index (κ1) is 34.6. The van der Waals surface area contributed by atoms with Gasteiger partial charge in [-0.05, 0) is 71.8 Å². The summed E-state index contributed by atoms with van der Waals surface area (Å²) >= 11 is 0. The van der Waals surface area contributed by atoms with E-state index in [9.17, 15) is 5.11 Å². The Bertz CT molecular complexity index is 1410. The highest BCUT2D eigenvalue weighted by molar-refractivity contribution is 5.57. The molecule has 11 nitrogen and oxygen atoms in total. The van der Waals surface area contributed by atoms with Crippen LogP contribution >= 0.6 is 0 Å². The first-order chi connectivity index (χ1) is 22.1. The van der Waals surface area contributed by atoms with Crippen LogP contribution in [0.15, 0.2) is 36.4 Å². The normalized spacial score (nSPS) is 20.3. The molecule has 1 saturated heterocycles. The molecule has 1 aliphatic rings. The summed E-state index contributed by atoms with van der Waals surface area (Å²) in [5.41, 5.74) is 2.31. The van der Waals surface area contributed by atoms with Crippen LogP contribution in [-0.4, -0.2) is 68.1 Å². The molecule has 252 valence electrons. The van der Waals surface area contributed by atoms with Crippen molar-refractivity contribution in [3.63, 3.8) is 0 Å². The second-order valence-electron chi connectivity index (χ2n) is 11.1. The predicted molar refractivity (Wildman–Crippen MR) is 172 cm³/mol. The van der Waals surface area contributed by atoms with Gasteiger partial charge in [-0.15, -0.1) is 0 Å². The lowest BCUT2D eigenvalue weighted by molar-refractivity contribution is 0.0280.